The number of piperidine rings is 2. The van der Waals surface area contributed by atoms with Crippen LogP contribution in [0.5, 0.6) is 0 Å². The van der Waals surface area contributed by atoms with E-state index in [2.05, 4.69) is 15.5 Å². The molecular weight excluding hydrogens is 476 g/mol. The van der Waals surface area contributed by atoms with Crippen molar-refractivity contribution in [2.75, 3.05) is 18.0 Å². The van der Waals surface area contributed by atoms with Crippen LogP contribution in [0.3, 0.4) is 0 Å². The lowest BCUT2D eigenvalue weighted by Crippen LogP contribution is -2.58. The zero-order valence-electron chi connectivity index (χ0n) is 22.5. The minimum absolute atomic E-state index is 0.0117. The number of carbonyl (C=O) groups is 1. The van der Waals surface area contributed by atoms with Gasteiger partial charge in [0.2, 0.25) is 0 Å². The lowest BCUT2D eigenvalue weighted by molar-refractivity contribution is -0.138. The molecule has 2 aromatic rings. The first-order chi connectivity index (χ1) is 18.5. The summed E-state index contributed by atoms with van der Waals surface area (Å²) in [5, 5.41) is 9.17. The molecule has 6 atom stereocenters. The number of carboxylic acids is 1. The van der Waals surface area contributed by atoms with Gasteiger partial charge in [0.1, 0.15) is 0 Å². The number of hydrogen-bond acceptors (Lipinski definition) is 5. The van der Waals surface area contributed by atoms with E-state index in [9.17, 15) is 9.59 Å². The number of nitrogens with zero attached hydrogens (tertiary/aromatic N) is 4. The van der Waals surface area contributed by atoms with Crippen LogP contribution in [0.25, 0.3) is 11.0 Å². The van der Waals surface area contributed by atoms with Gasteiger partial charge < -0.3 is 14.6 Å². The molecule has 5 fully saturated rings. The molecule has 2 aliphatic carbocycles. The van der Waals surface area contributed by atoms with Gasteiger partial charge in [0.05, 0.1) is 17.5 Å². The molecule has 2 unspecified atom stereocenters. The molecule has 3 aliphatic heterocycles. The number of para-hydroxylation sites is 2. The van der Waals surface area contributed by atoms with Crippen LogP contribution >= 0.6 is 0 Å². The molecule has 0 radical (unpaired) electrons. The second kappa shape index (κ2) is 9.96. The van der Waals surface area contributed by atoms with Crippen molar-refractivity contribution in [3.63, 3.8) is 0 Å². The Morgan fingerprint density at radius 2 is 1.53 bits per heavy atom. The fraction of sp³-hybridized carbons (Fsp3) is 0.710. The first kappa shape index (κ1) is 24.6. The Morgan fingerprint density at radius 1 is 0.842 bits per heavy atom. The maximum absolute atomic E-state index is 14.0. The van der Waals surface area contributed by atoms with Crippen molar-refractivity contribution >= 4 is 22.8 Å². The van der Waals surface area contributed by atoms with E-state index in [0.29, 0.717) is 31.0 Å². The highest BCUT2D eigenvalue weighted by Crippen LogP contribution is 2.47. The van der Waals surface area contributed by atoms with Crippen LogP contribution in [0.15, 0.2) is 29.1 Å². The van der Waals surface area contributed by atoms with Gasteiger partial charge in [-0.25, -0.2) is 4.98 Å². The van der Waals surface area contributed by atoms with Crippen LogP contribution in [-0.4, -0.2) is 56.7 Å². The maximum atomic E-state index is 14.0. The van der Waals surface area contributed by atoms with Crippen molar-refractivity contribution in [2.45, 2.75) is 108 Å². The predicted octanol–water partition coefficient (Wildman–Crippen LogP) is 5.22. The van der Waals surface area contributed by atoms with Crippen LogP contribution in [0.1, 0.15) is 89.5 Å². The molecule has 1 N–H and O–H groups in total. The average molecular weight is 519 g/mol. The van der Waals surface area contributed by atoms with Crippen molar-refractivity contribution in [1.29, 1.82) is 0 Å². The van der Waals surface area contributed by atoms with Gasteiger partial charge in [-0.2, -0.15) is 0 Å². The van der Waals surface area contributed by atoms with E-state index >= 15 is 0 Å². The first-order valence-electron chi connectivity index (χ1n) is 15.3. The van der Waals surface area contributed by atoms with Crippen molar-refractivity contribution < 1.29 is 9.90 Å². The summed E-state index contributed by atoms with van der Waals surface area (Å²) >= 11 is 0. The summed E-state index contributed by atoms with van der Waals surface area (Å²) in [6, 6.07) is 10.2. The summed E-state index contributed by atoms with van der Waals surface area (Å²) < 4.78 is 2.09. The number of benzene rings is 1. The van der Waals surface area contributed by atoms with E-state index in [1.165, 1.54) is 64.2 Å². The van der Waals surface area contributed by atoms with E-state index < -0.39 is 5.97 Å². The van der Waals surface area contributed by atoms with Gasteiger partial charge in [0.15, 0.2) is 5.82 Å². The second-order valence-electron chi connectivity index (χ2n) is 13.2. The molecule has 5 aliphatic rings. The second-order valence-corrected chi connectivity index (χ2v) is 13.2. The topological polar surface area (TPSA) is 78.7 Å². The summed E-state index contributed by atoms with van der Waals surface area (Å²) in [6.45, 7) is 1.20. The summed E-state index contributed by atoms with van der Waals surface area (Å²) in [5.41, 5.74) is 1.83. The number of aliphatic carboxylic acids is 1. The molecule has 0 spiro atoms. The van der Waals surface area contributed by atoms with Crippen LogP contribution in [0, 0.1) is 17.8 Å². The first-order valence-corrected chi connectivity index (χ1v) is 15.3. The monoisotopic (exact) mass is 518 g/mol. The van der Waals surface area contributed by atoms with E-state index in [4.69, 9.17) is 10.1 Å². The minimum atomic E-state index is -0.769. The van der Waals surface area contributed by atoms with Crippen LogP contribution in [0.2, 0.25) is 0 Å². The third-order valence-electron chi connectivity index (χ3n) is 10.6. The van der Waals surface area contributed by atoms with Gasteiger partial charge in [-0.05, 0) is 68.9 Å². The van der Waals surface area contributed by atoms with E-state index in [-0.39, 0.29) is 23.9 Å². The van der Waals surface area contributed by atoms with Crippen LogP contribution < -0.4 is 10.5 Å². The summed E-state index contributed by atoms with van der Waals surface area (Å²) in [5.74, 6) is 1.68. The molecule has 38 heavy (non-hydrogen) atoms. The van der Waals surface area contributed by atoms with Crippen molar-refractivity contribution in [1.82, 2.24) is 14.5 Å². The lowest BCUT2D eigenvalue weighted by Gasteiger charge is -2.54. The molecule has 4 heterocycles. The van der Waals surface area contributed by atoms with Crippen LogP contribution in [-0.2, 0) is 4.79 Å². The zero-order valence-corrected chi connectivity index (χ0v) is 22.5. The van der Waals surface area contributed by atoms with Gasteiger partial charge in [0, 0.05) is 43.2 Å². The number of rotatable bonds is 5. The number of hydrogen-bond donors (Lipinski definition) is 1. The van der Waals surface area contributed by atoms with Crippen molar-refractivity contribution in [2.24, 2.45) is 17.8 Å². The molecule has 1 aromatic carbocycles. The van der Waals surface area contributed by atoms with E-state index in [1.54, 1.807) is 0 Å². The third kappa shape index (κ3) is 4.44. The quantitative estimate of drug-likeness (QED) is 0.584. The van der Waals surface area contributed by atoms with Crippen molar-refractivity contribution in [3.8, 4) is 0 Å². The average Bonchev–Trinajstić information content (AvgIpc) is 3.04. The zero-order chi connectivity index (χ0) is 25.8. The molecule has 7 nitrogen and oxygen atoms in total. The normalized spacial score (nSPS) is 34.1. The largest absolute Gasteiger partial charge is 0.481 e. The maximum Gasteiger partial charge on any atom is 0.303 e. The Kier molecular flexibility index (Phi) is 6.45. The fourth-order valence-corrected chi connectivity index (χ4v) is 9.14. The van der Waals surface area contributed by atoms with Gasteiger partial charge in [0.25, 0.3) is 5.56 Å². The standard InChI is InChI=1S/C31H42N4O3/c36-29(37)15-22-18-33(19-22)30-31(38)35(28-11-4-3-10-27(28)32-30)26-16-23-8-5-9-24(17-26)34(23)25-13-20-6-1-2-7-21(12-20)14-25/h3-4,10-11,20-26H,1-2,5-9,12-19H2,(H,36,37)/t20-,21+,23-,24+,25?,26?. The number of anilines is 1. The van der Waals surface area contributed by atoms with Gasteiger partial charge in [-0.3, -0.25) is 14.5 Å². The van der Waals surface area contributed by atoms with E-state index in [0.717, 1.165) is 41.8 Å². The molecule has 1 aromatic heterocycles. The molecule has 204 valence electrons. The number of fused-ring (bicyclic) bond motifs is 5. The Balaban J connectivity index is 1.18. The van der Waals surface area contributed by atoms with E-state index in [1.807, 2.05) is 23.1 Å². The fourth-order valence-electron chi connectivity index (χ4n) is 9.14. The Labute approximate surface area is 225 Å². The van der Waals surface area contributed by atoms with Crippen LogP contribution in [0.4, 0.5) is 5.82 Å². The molecule has 4 bridgehead atoms. The summed E-state index contributed by atoms with van der Waals surface area (Å²) in [4.78, 5) is 35.0. The Hall–Kier alpha value is -2.41. The van der Waals surface area contributed by atoms with Gasteiger partial charge in [-0.1, -0.05) is 44.2 Å². The number of aromatic nitrogens is 2. The molecule has 7 rings (SSSR count). The Bertz CT molecular complexity index is 1230. The number of carboxylic acid groups (broad SMARTS) is 1. The highest BCUT2D eigenvalue weighted by atomic mass is 16.4. The molecule has 3 saturated heterocycles. The van der Waals surface area contributed by atoms with Crippen molar-refractivity contribution in [3.05, 3.63) is 34.6 Å². The molecular formula is C31H42N4O3. The molecule has 0 amide bonds. The highest BCUT2D eigenvalue weighted by molar-refractivity contribution is 5.77. The Morgan fingerprint density at radius 3 is 2.21 bits per heavy atom. The van der Waals surface area contributed by atoms with Gasteiger partial charge >= 0.3 is 5.97 Å². The minimum Gasteiger partial charge on any atom is -0.481 e. The lowest BCUT2D eigenvalue weighted by atomic mass is 9.73. The SMILES string of the molecule is O=C(O)CC1CN(c2nc3ccccc3n(C3C[C@H]4CCC[C@@H](C3)N4C3C[C@H]4CCCC[C@@H](C3)C4)c2=O)C1. The van der Waals surface area contributed by atoms with Gasteiger partial charge in [-0.15, -0.1) is 0 Å². The summed E-state index contributed by atoms with van der Waals surface area (Å²) in [6.07, 6.45) is 16.1. The smallest absolute Gasteiger partial charge is 0.303 e. The predicted molar refractivity (Wildman–Crippen MR) is 149 cm³/mol. The molecule has 7 heteroatoms. The highest BCUT2D eigenvalue weighted by Gasteiger charge is 2.45. The summed E-state index contributed by atoms with van der Waals surface area (Å²) in [7, 11) is 0. The third-order valence-corrected chi connectivity index (χ3v) is 10.6. The molecule has 2 saturated carbocycles.